The van der Waals surface area contributed by atoms with Gasteiger partial charge in [0, 0.05) is 11.8 Å². The third-order valence-electron chi connectivity index (χ3n) is 3.51. The third kappa shape index (κ3) is 5.97. The number of urea groups is 1. The first-order valence-electron chi connectivity index (χ1n) is 8.01. The van der Waals surface area contributed by atoms with Gasteiger partial charge in [-0.25, -0.2) is 32.4 Å². The molecule has 0 radical (unpaired) electrons. The summed E-state index contributed by atoms with van der Waals surface area (Å²) < 4.78 is 110. The molecule has 2 aromatic rings. The van der Waals surface area contributed by atoms with Crippen molar-refractivity contribution in [2.24, 2.45) is 0 Å². The molecule has 0 saturated carbocycles. The van der Waals surface area contributed by atoms with Crippen LogP contribution in [0.4, 0.5) is 45.6 Å². The zero-order chi connectivity index (χ0) is 24.3. The Morgan fingerprint density at radius 3 is 1.97 bits per heavy atom. The first kappa shape index (κ1) is 25.1. The zero-order valence-corrected chi connectivity index (χ0v) is 15.9. The highest BCUT2D eigenvalue weighted by Gasteiger charge is 2.50. The molecule has 32 heavy (non-hydrogen) atoms. The van der Waals surface area contributed by atoms with E-state index in [1.165, 1.54) is 4.84 Å². The summed E-state index contributed by atoms with van der Waals surface area (Å²) in [7, 11) is 0. The van der Waals surface area contributed by atoms with Crippen molar-refractivity contribution >= 4 is 29.4 Å². The first-order chi connectivity index (χ1) is 14.8. The minimum Gasteiger partial charge on any atom is -0.429 e. The van der Waals surface area contributed by atoms with Gasteiger partial charge in [-0.3, -0.25) is 4.79 Å². The van der Waals surface area contributed by atoms with Crippen molar-refractivity contribution in [3.8, 4) is 5.75 Å². The lowest BCUT2D eigenvalue weighted by atomic mass is 10.1. The minimum atomic E-state index is -5.71. The Balaban J connectivity index is 2.31. The van der Waals surface area contributed by atoms with Crippen LogP contribution in [0.3, 0.4) is 0 Å². The van der Waals surface area contributed by atoms with Gasteiger partial charge in [-0.1, -0.05) is 6.07 Å². The van der Waals surface area contributed by atoms with Gasteiger partial charge in [-0.2, -0.15) is 8.78 Å². The highest BCUT2D eigenvalue weighted by Crippen LogP contribution is 2.32. The van der Waals surface area contributed by atoms with Gasteiger partial charge >= 0.3 is 24.9 Å². The van der Waals surface area contributed by atoms with Crippen LogP contribution in [0.5, 0.6) is 5.75 Å². The number of amides is 3. The van der Waals surface area contributed by atoms with Crippen LogP contribution in [-0.2, 0) is 4.74 Å². The summed E-state index contributed by atoms with van der Waals surface area (Å²) in [5.41, 5.74) is -1.63. The maximum absolute atomic E-state index is 13.9. The van der Waals surface area contributed by atoms with Gasteiger partial charge in [0.25, 0.3) is 5.91 Å². The molecule has 174 valence electrons. The fourth-order valence-electron chi connectivity index (χ4n) is 2.24. The van der Waals surface area contributed by atoms with Gasteiger partial charge in [0.15, 0.2) is 0 Å². The summed E-state index contributed by atoms with van der Waals surface area (Å²) in [5, 5.41) is 0. The van der Waals surface area contributed by atoms with Crippen LogP contribution in [0.15, 0.2) is 42.5 Å². The van der Waals surface area contributed by atoms with Gasteiger partial charge in [0.1, 0.15) is 22.9 Å². The van der Waals surface area contributed by atoms with Crippen LogP contribution in [-0.4, -0.2) is 30.8 Å². The van der Waals surface area contributed by atoms with Crippen LogP contribution in [0.2, 0.25) is 0 Å². The average molecular weight is 493 g/mol. The maximum Gasteiger partial charge on any atom is 0.525 e. The molecular weight excluding hydrogens is 484 g/mol. The molecule has 0 heterocycles. The van der Waals surface area contributed by atoms with Gasteiger partial charge < -0.3 is 4.74 Å². The largest absolute Gasteiger partial charge is 0.525 e. The average Bonchev–Trinajstić information content (AvgIpc) is 2.67. The Labute approximate surface area is 178 Å². The van der Waals surface area contributed by atoms with Crippen molar-refractivity contribution in [2.75, 3.05) is 4.90 Å². The number of imide groups is 1. The molecule has 0 spiro atoms. The van der Waals surface area contributed by atoms with E-state index in [4.69, 9.17) is 11.8 Å². The molecule has 3 amide bonds. The molecule has 15 heteroatoms. The number of anilines is 1. The highest BCUT2D eigenvalue weighted by atomic mass is 35.5. The number of benzene rings is 2. The van der Waals surface area contributed by atoms with E-state index < -0.39 is 59.4 Å². The molecule has 1 atom stereocenters. The molecule has 0 aromatic heterocycles. The number of carbonyl (C=O) groups is 2. The van der Waals surface area contributed by atoms with E-state index in [0.717, 1.165) is 30.3 Å². The van der Waals surface area contributed by atoms with Crippen LogP contribution in [0, 0.1) is 11.6 Å². The van der Waals surface area contributed by atoms with Crippen LogP contribution >= 0.6 is 11.8 Å². The summed E-state index contributed by atoms with van der Waals surface area (Å²) in [6, 6.07) is 3.65. The molecule has 0 saturated heterocycles. The quantitative estimate of drug-likeness (QED) is 0.440. The van der Waals surface area contributed by atoms with Crippen LogP contribution in [0.1, 0.15) is 10.4 Å². The van der Waals surface area contributed by atoms with Crippen molar-refractivity contribution in [2.45, 2.75) is 18.8 Å². The number of carbonyl (C=O) groups excluding carboxylic acids is 2. The Morgan fingerprint density at radius 2 is 1.50 bits per heavy atom. The van der Waals surface area contributed by atoms with E-state index in [9.17, 15) is 44.7 Å². The molecule has 0 aliphatic rings. The fourth-order valence-corrected chi connectivity index (χ4v) is 2.32. The maximum atomic E-state index is 13.9. The molecule has 0 aliphatic carbocycles. The van der Waals surface area contributed by atoms with Crippen molar-refractivity contribution in [3.05, 3.63) is 59.7 Å². The zero-order valence-electron chi connectivity index (χ0n) is 15.1. The number of alkyl halides is 6. The standard InChI is InChI=1S/C17H9ClF8N2O4/c18-27-15(30)28(13(29)12-10(19)2-1-3-11(12)20)8-4-6-9(7-5-8)31-16(22,23)14(21)32-17(24,25)26/h1-7,14H,(H,27,30). The number of nitrogens with zero attached hydrogens (tertiary/aromatic N) is 1. The summed E-state index contributed by atoms with van der Waals surface area (Å²) in [6.45, 7) is 0. The summed E-state index contributed by atoms with van der Waals surface area (Å²) in [5.74, 6) is -5.12. The Hall–Kier alpha value is -3.13. The molecule has 0 fully saturated rings. The van der Waals surface area contributed by atoms with E-state index >= 15 is 0 Å². The number of halogens is 9. The lowest BCUT2D eigenvalue weighted by Crippen LogP contribution is -2.42. The van der Waals surface area contributed by atoms with Gasteiger partial charge in [-0.05, 0) is 36.4 Å². The molecule has 2 rings (SSSR count). The fraction of sp³-hybridized carbons (Fsp3) is 0.176. The predicted octanol–water partition coefficient (Wildman–Crippen LogP) is 5.28. The Bertz CT molecular complexity index is 967. The number of ether oxygens (including phenoxy) is 2. The van der Waals surface area contributed by atoms with E-state index in [0.29, 0.717) is 12.1 Å². The number of hydrogen-bond acceptors (Lipinski definition) is 4. The number of hydrogen-bond donors (Lipinski definition) is 1. The topological polar surface area (TPSA) is 67.9 Å². The summed E-state index contributed by atoms with van der Waals surface area (Å²) >= 11 is 5.16. The Morgan fingerprint density at radius 1 is 0.969 bits per heavy atom. The highest BCUT2D eigenvalue weighted by molar-refractivity contribution is 6.29. The van der Waals surface area contributed by atoms with E-state index in [-0.39, 0.29) is 4.90 Å². The summed E-state index contributed by atoms with van der Waals surface area (Å²) in [6.07, 6.45) is -15.0. The van der Waals surface area contributed by atoms with Crippen LogP contribution in [0.25, 0.3) is 0 Å². The SMILES string of the molecule is O=C(NCl)N(C(=O)c1c(F)cccc1F)c1ccc(OC(F)(F)C(F)OC(F)(F)F)cc1. The lowest BCUT2D eigenvalue weighted by Gasteiger charge is -2.23. The van der Waals surface area contributed by atoms with E-state index in [1.807, 2.05) is 0 Å². The van der Waals surface area contributed by atoms with Gasteiger partial charge in [0.2, 0.25) is 0 Å². The van der Waals surface area contributed by atoms with Crippen molar-refractivity contribution < 1.29 is 54.2 Å². The van der Waals surface area contributed by atoms with Crippen molar-refractivity contribution in [1.29, 1.82) is 0 Å². The molecule has 1 N–H and O–H groups in total. The third-order valence-corrected chi connectivity index (χ3v) is 3.68. The minimum absolute atomic E-state index is 0.126. The van der Waals surface area contributed by atoms with Crippen molar-refractivity contribution in [3.63, 3.8) is 0 Å². The second-order valence-electron chi connectivity index (χ2n) is 5.67. The van der Waals surface area contributed by atoms with Gasteiger partial charge in [-0.15, -0.1) is 13.2 Å². The van der Waals surface area contributed by atoms with Crippen LogP contribution < -0.4 is 14.5 Å². The molecule has 0 aliphatic heterocycles. The lowest BCUT2D eigenvalue weighted by molar-refractivity contribution is -0.411. The normalized spacial score (nSPS) is 12.8. The first-order valence-corrected chi connectivity index (χ1v) is 8.39. The molecule has 6 nitrogen and oxygen atoms in total. The molecule has 0 bridgehead atoms. The monoisotopic (exact) mass is 492 g/mol. The van der Waals surface area contributed by atoms with Gasteiger partial charge in [0.05, 0.1) is 5.69 Å². The number of nitrogens with one attached hydrogen (secondary N) is 1. The van der Waals surface area contributed by atoms with E-state index in [2.05, 4.69) is 9.47 Å². The van der Waals surface area contributed by atoms with E-state index in [1.54, 1.807) is 0 Å². The molecular formula is C17H9ClF8N2O4. The second kappa shape index (κ2) is 9.56. The Kier molecular flexibility index (Phi) is 7.51. The summed E-state index contributed by atoms with van der Waals surface area (Å²) in [4.78, 5) is 26.1. The second-order valence-corrected chi connectivity index (χ2v) is 5.86. The molecule has 2 aromatic carbocycles. The van der Waals surface area contributed by atoms with Crippen molar-refractivity contribution in [1.82, 2.24) is 4.84 Å². The predicted molar refractivity (Wildman–Crippen MR) is 91.6 cm³/mol. The molecule has 1 unspecified atom stereocenters. The smallest absolute Gasteiger partial charge is 0.429 e. The number of rotatable bonds is 6.